The van der Waals surface area contributed by atoms with Crippen LogP contribution in [-0.2, 0) is 0 Å². The van der Waals surface area contributed by atoms with Gasteiger partial charge < -0.3 is 9.05 Å². The number of rotatable bonds is 9. The summed E-state index contributed by atoms with van der Waals surface area (Å²) in [4.78, 5) is 0. The summed E-state index contributed by atoms with van der Waals surface area (Å²) < 4.78 is 11.5. The zero-order valence-electron chi connectivity index (χ0n) is 13.3. The van der Waals surface area contributed by atoms with Gasteiger partial charge in [-0.15, -0.1) is 0 Å². The van der Waals surface area contributed by atoms with Crippen molar-refractivity contribution in [2.45, 2.75) is 26.7 Å². The zero-order chi connectivity index (χ0) is 15.6. The van der Waals surface area contributed by atoms with E-state index in [1.165, 1.54) is 24.0 Å². The summed E-state index contributed by atoms with van der Waals surface area (Å²) in [7, 11) is 1.10. The molecule has 0 spiro atoms. The molecule has 4 heteroatoms. The molecule has 2 aromatic rings. The first-order chi connectivity index (χ1) is 10.7. The number of benzene rings is 2. The Kier molecular flexibility index (Phi) is 7.71. The van der Waals surface area contributed by atoms with Gasteiger partial charge in [0.15, 0.2) is 0 Å². The van der Waals surface area contributed by atoms with Crippen molar-refractivity contribution in [1.82, 2.24) is 0 Å². The van der Waals surface area contributed by atoms with Gasteiger partial charge in [-0.05, 0) is 62.1 Å². The molecule has 0 aliphatic heterocycles. The molecule has 0 aromatic heterocycles. The predicted octanol–water partition coefficient (Wildman–Crippen LogP) is 5.73. The molecule has 0 aliphatic rings. The van der Waals surface area contributed by atoms with E-state index < -0.39 is 0 Å². The molecular formula is C18H24O2P2. The van der Waals surface area contributed by atoms with Crippen molar-refractivity contribution in [1.29, 1.82) is 0 Å². The Balaban J connectivity index is 1.49. The van der Waals surface area contributed by atoms with Gasteiger partial charge in [0.25, 0.3) is 0 Å². The molecule has 2 atom stereocenters. The molecule has 118 valence electrons. The van der Waals surface area contributed by atoms with E-state index in [9.17, 15) is 0 Å². The van der Waals surface area contributed by atoms with E-state index >= 15 is 0 Å². The summed E-state index contributed by atoms with van der Waals surface area (Å²) in [6, 6.07) is 16.5. The number of aryl methyl sites for hydroxylation is 2. The molecule has 2 unspecified atom stereocenters. The van der Waals surface area contributed by atoms with Crippen LogP contribution >= 0.6 is 17.6 Å². The minimum atomic E-state index is 0.551. The summed E-state index contributed by atoms with van der Waals surface area (Å²) in [5.74, 6) is 1.98. The van der Waals surface area contributed by atoms with Gasteiger partial charge in [-0.1, -0.05) is 24.3 Å². The van der Waals surface area contributed by atoms with Gasteiger partial charge in [0, 0.05) is 12.3 Å². The van der Waals surface area contributed by atoms with Crippen LogP contribution in [0.3, 0.4) is 0 Å². The van der Waals surface area contributed by atoms with Crippen LogP contribution in [0, 0.1) is 13.8 Å². The molecule has 0 aliphatic carbocycles. The predicted molar refractivity (Wildman–Crippen MR) is 99.2 cm³/mol. The summed E-state index contributed by atoms with van der Waals surface area (Å²) in [6.07, 6.45) is 4.66. The van der Waals surface area contributed by atoms with Crippen LogP contribution in [0.5, 0.6) is 11.5 Å². The van der Waals surface area contributed by atoms with Gasteiger partial charge in [-0.3, -0.25) is 0 Å². The Hall–Kier alpha value is -1.10. The lowest BCUT2D eigenvalue weighted by Crippen LogP contribution is -1.87. The molecule has 2 nitrogen and oxygen atoms in total. The fourth-order valence-electron chi connectivity index (χ4n) is 2.02. The molecule has 0 saturated heterocycles. The Labute approximate surface area is 137 Å². The third kappa shape index (κ3) is 6.77. The number of unbranched alkanes of at least 4 members (excludes halogenated alkanes) is 1. The standard InChI is InChI=1S/C18H24O2P2/c1-15-7-5-9-17(13-15)19-21-11-3-4-12-22-20-18-10-6-8-16(2)14-18/h5-10,13-14,21-22H,3-4,11-12H2,1-2H3. The molecule has 0 heterocycles. The van der Waals surface area contributed by atoms with Crippen LogP contribution in [0.1, 0.15) is 24.0 Å². The van der Waals surface area contributed by atoms with Crippen molar-refractivity contribution >= 4 is 17.6 Å². The number of hydrogen-bond donors (Lipinski definition) is 0. The monoisotopic (exact) mass is 334 g/mol. The Morgan fingerprint density at radius 2 is 1.18 bits per heavy atom. The van der Waals surface area contributed by atoms with Crippen LogP contribution < -0.4 is 9.05 Å². The third-order valence-corrected chi connectivity index (χ3v) is 5.04. The van der Waals surface area contributed by atoms with E-state index in [1.54, 1.807) is 0 Å². The maximum Gasteiger partial charge on any atom is 0.123 e. The number of hydrogen-bond acceptors (Lipinski definition) is 2. The molecule has 0 radical (unpaired) electrons. The molecular weight excluding hydrogens is 310 g/mol. The second-order valence-corrected chi connectivity index (χ2v) is 7.32. The second kappa shape index (κ2) is 9.82. The highest BCUT2D eigenvalue weighted by molar-refractivity contribution is 7.33. The molecule has 0 fully saturated rings. The van der Waals surface area contributed by atoms with Crippen LogP contribution in [0.4, 0.5) is 0 Å². The lowest BCUT2D eigenvalue weighted by atomic mass is 10.2. The lowest BCUT2D eigenvalue weighted by Gasteiger charge is -2.07. The molecule has 0 amide bonds. The highest BCUT2D eigenvalue weighted by atomic mass is 31.1. The van der Waals surface area contributed by atoms with Crippen molar-refractivity contribution in [2.75, 3.05) is 12.3 Å². The topological polar surface area (TPSA) is 18.5 Å². The SMILES string of the molecule is Cc1cccc(OPCCCCPOc2cccc(C)c2)c1. The average Bonchev–Trinajstić information content (AvgIpc) is 2.50. The van der Waals surface area contributed by atoms with Gasteiger partial charge in [0.05, 0.1) is 17.6 Å². The van der Waals surface area contributed by atoms with E-state index in [2.05, 4.69) is 38.1 Å². The Morgan fingerprint density at radius 1 is 0.727 bits per heavy atom. The van der Waals surface area contributed by atoms with E-state index in [4.69, 9.17) is 9.05 Å². The minimum Gasteiger partial charge on any atom is -0.477 e. The van der Waals surface area contributed by atoms with Crippen molar-refractivity contribution in [3.05, 3.63) is 59.7 Å². The van der Waals surface area contributed by atoms with Gasteiger partial charge in [-0.25, -0.2) is 0 Å². The third-order valence-electron chi connectivity index (χ3n) is 3.17. The Morgan fingerprint density at radius 3 is 1.59 bits per heavy atom. The normalized spacial score (nSPS) is 11.5. The highest BCUT2D eigenvalue weighted by Gasteiger charge is 1.97. The zero-order valence-corrected chi connectivity index (χ0v) is 15.3. The highest BCUT2D eigenvalue weighted by Crippen LogP contribution is 2.25. The first-order valence-corrected chi connectivity index (χ1v) is 9.90. The van der Waals surface area contributed by atoms with Crippen LogP contribution in [-0.4, -0.2) is 12.3 Å². The average molecular weight is 334 g/mol. The first kappa shape index (κ1) is 17.3. The maximum absolute atomic E-state index is 5.77. The van der Waals surface area contributed by atoms with Gasteiger partial charge in [0.1, 0.15) is 11.5 Å². The molecule has 0 bridgehead atoms. The van der Waals surface area contributed by atoms with Crippen molar-refractivity contribution in [2.24, 2.45) is 0 Å². The van der Waals surface area contributed by atoms with Gasteiger partial charge >= 0.3 is 0 Å². The van der Waals surface area contributed by atoms with E-state index in [0.717, 1.165) is 23.8 Å². The van der Waals surface area contributed by atoms with Crippen molar-refractivity contribution in [3.63, 3.8) is 0 Å². The van der Waals surface area contributed by atoms with Gasteiger partial charge in [0.2, 0.25) is 0 Å². The summed E-state index contributed by atoms with van der Waals surface area (Å²) in [6.45, 7) is 4.18. The molecule has 2 aromatic carbocycles. The summed E-state index contributed by atoms with van der Waals surface area (Å²) >= 11 is 0. The van der Waals surface area contributed by atoms with E-state index in [0.29, 0.717) is 17.6 Å². The van der Waals surface area contributed by atoms with Crippen molar-refractivity contribution < 1.29 is 9.05 Å². The molecule has 0 saturated carbocycles. The summed E-state index contributed by atoms with van der Waals surface area (Å²) in [5.41, 5.74) is 2.49. The van der Waals surface area contributed by atoms with E-state index in [1.807, 2.05) is 24.3 Å². The van der Waals surface area contributed by atoms with Crippen molar-refractivity contribution in [3.8, 4) is 11.5 Å². The lowest BCUT2D eigenvalue weighted by molar-refractivity contribution is 0.620. The van der Waals surface area contributed by atoms with Crippen LogP contribution in [0.2, 0.25) is 0 Å². The largest absolute Gasteiger partial charge is 0.477 e. The molecule has 0 N–H and O–H groups in total. The Bertz CT molecular complexity index is 521. The van der Waals surface area contributed by atoms with E-state index in [-0.39, 0.29) is 0 Å². The fourth-order valence-corrected chi connectivity index (χ4v) is 3.60. The quantitative estimate of drug-likeness (QED) is 0.431. The van der Waals surface area contributed by atoms with Crippen LogP contribution in [0.25, 0.3) is 0 Å². The van der Waals surface area contributed by atoms with Gasteiger partial charge in [-0.2, -0.15) is 0 Å². The fraction of sp³-hybridized carbons (Fsp3) is 0.333. The van der Waals surface area contributed by atoms with Crippen LogP contribution in [0.15, 0.2) is 48.5 Å². The second-order valence-electron chi connectivity index (χ2n) is 5.33. The first-order valence-electron chi connectivity index (χ1n) is 7.67. The molecule has 2 rings (SSSR count). The minimum absolute atomic E-state index is 0.551. The smallest absolute Gasteiger partial charge is 0.123 e. The summed E-state index contributed by atoms with van der Waals surface area (Å²) in [5, 5.41) is 0. The molecule has 22 heavy (non-hydrogen) atoms. The maximum atomic E-state index is 5.77.